The highest BCUT2D eigenvalue weighted by atomic mass is 16.5. The number of morpholine rings is 1. The maximum Gasteiger partial charge on any atom is 0.320 e. The zero-order chi connectivity index (χ0) is 13.8. The second kappa shape index (κ2) is 6.06. The lowest BCUT2D eigenvalue weighted by atomic mass is 10.1. The van der Waals surface area contributed by atoms with Crippen LogP contribution in [-0.2, 0) is 9.53 Å². The SMILES string of the molecule is CC1=CCCN(C(=O)N2CCOCC2CC(=O)O)C1. The van der Waals surface area contributed by atoms with E-state index in [0.29, 0.717) is 32.8 Å². The van der Waals surface area contributed by atoms with Crippen LogP contribution in [0.1, 0.15) is 19.8 Å². The number of carboxylic acids is 1. The van der Waals surface area contributed by atoms with Gasteiger partial charge in [-0.05, 0) is 13.3 Å². The fourth-order valence-corrected chi connectivity index (χ4v) is 2.53. The second-order valence-electron chi connectivity index (χ2n) is 5.06. The smallest absolute Gasteiger partial charge is 0.320 e. The Hall–Kier alpha value is -1.56. The molecule has 6 nitrogen and oxygen atoms in total. The van der Waals surface area contributed by atoms with Crippen LogP contribution in [0, 0.1) is 0 Å². The molecule has 1 fully saturated rings. The van der Waals surface area contributed by atoms with Gasteiger partial charge in [-0.2, -0.15) is 0 Å². The summed E-state index contributed by atoms with van der Waals surface area (Å²) in [5, 5.41) is 8.90. The Balaban J connectivity index is 2.02. The van der Waals surface area contributed by atoms with Gasteiger partial charge in [0.2, 0.25) is 0 Å². The average molecular weight is 268 g/mol. The number of carbonyl (C=O) groups excluding carboxylic acids is 1. The number of carbonyl (C=O) groups is 2. The Morgan fingerprint density at radius 3 is 2.95 bits per heavy atom. The Labute approximate surface area is 112 Å². The van der Waals surface area contributed by atoms with E-state index < -0.39 is 5.97 Å². The van der Waals surface area contributed by atoms with Crippen LogP contribution in [0.25, 0.3) is 0 Å². The van der Waals surface area contributed by atoms with Gasteiger partial charge in [0.15, 0.2) is 0 Å². The van der Waals surface area contributed by atoms with Gasteiger partial charge in [-0.25, -0.2) is 4.79 Å². The molecule has 1 unspecified atom stereocenters. The van der Waals surface area contributed by atoms with Gasteiger partial charge >= 0.3 is 12.0 Å². The van der Waals surface area contributed by atoms with Crippen molar-refractivity contribution in [2.45, 2.75) is 25.8 Å². The fraction of sp³-hybridized carbons (Fsp3) is 0.692. The van der Waals surface area contributed by atoms with E-state index in [-0.39, 0.29) is 18.5 Å². The number of hydrogen-bond acceptors (Lipinski definition) is 3. The Kier molecular flexibility index (Phi) is 4.42. The summed E-state index contributed by atoms with van der Waals surface area (Å²) >= 11 is 0. The highest BCUT2D eigenvalue weighted by Crippen LogP contribution is 2.17. The Morgan fingerprint density at radius 2 is 2.26 bits per heavy atom. The molecule has 2 amide bonds. The number of hydrogen-bond donors (Lipinski definition) is 1. The van der Waals surface area contributed by atoms with Crippen LogP contribution in [-0.4, -0.2) is 65.8 Å². The van der Waals surface area contributed by atoms with Crippen molar-refractivity contribution < 1.29 is 19.4 Å². The van der Waals surface area contributed by atoms with Crippen molar-refractivity contribution in [3.05, 3.63) is 11.6 Å². The van der Waals surface area contributed by atoms with Crippen molar-refractivity contribution in [3.63, 3.8) is 0 Å². The molecular weight excluding hydrogens is 248 g/mol. The molecule has 2 aliphatic rings. The van der Waals surface area contributed by atoms with E-state index in [1.165, 1.54) is 5.57 Å². The first-order chi connectivity index (χ1) is 9.08. The van der Waals surface area contributed by atoms with Gasteiger partial charge in [-0.15, -0.1) is 0 Å². The topological polar surface area (TPSA) is 70.1 Å². The standard InChI is InChI=1S/C13H20N2O4/c1-10-3-2-4-14(8-10)13(18)15-5-6-19-9-11(15)7-12(16)17/h3,11H,2,4-9H2,1H3,(H,16,17). The maximum atomic E-state index is 12.5. The minimum Gasteiger partial charge on any atom is -0.481 e. The van der Waals surface area contributed by atoms with E-state index in [1.54, 1.807) is 9.80 Å². The van der Waals surface area contributed by atoms with Crippen LogP contribution >= 0.6 is 0 Å². The van der Waals surface area contributed by atoms with Gasteiger partial charge < -0.3 is 19.6 Å². The molecule has 1 N–H and O–H groups in total. The number of carboxylic acid groups (broad SMARTS) is 1. The molecule has 0 aromatic heterocycles. The molecule has 0 saturated carbocycles. The summed E-state index contributed by atoms with van der Waals surface area (Å²) in [5.41, 5.74) is 1.18. The molecule has 1 atom stereocenters. The molecule has 0 aromatic carbocycles. The van der Waals surface area contributed by atoms with E-state index in [0.717, 1.165) is 6.42 Å². The van der Waals surface area contributed by atoms with Crippen LogP contribution in [0.15, 0.2) is 11.6 Å². The molecule has 1 saturated heterocycles. The minimum absolute atomic E-state index is 0.0611. The number of aliphatic carboxylic acids is 1. The van der Waals surface area contributed by atoms with Crippen LogP contribution in [0.3, 0.4) is 0 Å². The number of urea groups is 1. The quantitative estimate of drug-likeness (QED) is 0.756. The lowest BCUT2D eigenvalue weighted by Crippen LogP contribution is -2.55. The molecule has 0 bridgehead atoms. The Morgan fingerprint density at radius 1 is 1.47 bits per heavy atom. The first kappa shape index (κ1) is 13.9. The third-order valence-corrected chi connectivity index (χ3v) is 3.49. The van der Waals surface area contributed by atoms with Gasteiger partial charge in [0.25, 0.3) is 0 Å². The zero-order valence-electron chi connectivity index (χ0n) is 11.2. The summed E-state index contributed by atoms with van der Waals surface area (Å²) in [6.07, 6.45) is 2.94. The van der Waals surface area contributed by atoms with Crippen LogP contribution in [0.4, 0.5) is 4.79 Å². The molecule has 106 valence electrons. The van der Waals surface area contributed by atoms with Gasteiger partial charge in [-0.1, -0.05) is 11.6 Å². The van der Waals surface area contributed by atoms with Gasteiger partial charge in [0.1, 0.15) is 0 Å². The van der Waals surface area contributed by atoms with Crippen molar-refractivity contribution in [1.82, 2.24) is 9.80 Å². The van der Waals surface area contributed by atoms with Crippen LogP contribution < -0.4 is 0 Å². The number of ether oxygens (including phenoxy) is 1. The third-order valence-electron chi connectivity index (χ3n) is 3.49. The van der Waals surface area contributed by atoms with Crippen molar-refractivity contribution in [2.24, 2.45) is 0 Å². The zero-order valence-corrected chi connectivity index (χ0v) is 11.2. The molecule has 2 rings (SSSR count). The predicted molar refractivity (Wildman–Crippen MR) is 68.9 cm³/mol. The first-order valence-electron chi connectivity index (χ1n) is 6.58. The van der Waals surface area contributed by atoms with E-state index in [4.69, 9.17) is 9.84 Å². The Bertz CT molecular complexity index is 394. The summed E-state index contributed by atoms with van der Waals surface area (Å²) in [6, 6.07) is -0.424. The molecule has 19 heavy (non-hydrogen) atoms. The number of rotatable bonds is 2. The predicted octanol–water partition coefficient (Wildman–Crippen LogP) is 0.934. The summed E-state index contributed by atoms with van der Waals surface area (Å²) in [6.45, 7) is 4.60. The molecule has 0 spiro atoms. The molecular formula is C13H20N2O4. The monoisotopic (exact) mass is 268 g/mol. The molecule has 0 aromatic rings. The van der Waals surface area contributed by atoms with Crippen LogP contribution in [0.2, 0.25) is 0 Å². The highest BCUT2D eigenvalue weighted by molar-refractivity contribution is 5.76. The third kappa shape index (κ3) is 3.47. The minimum atomic E-state index is -0.900. The van der Waals surface area contributed by atoms with Crippen molar-refractivity contribution in [1.29, 1.82) is 0 Å². The molecule has 2 heterocycles. The molecule has 6 heteroatoms. The number of nitrogens with zero attached hydrogens (tertiary/aromatic N) is 2. The van der Waals surface area contributed by atoms with E-state index >= 15 is 0 Å². The highest BCUT2D eigenvalue weighted by Gasteiger charge is 2.32. The van der Waals surface area contributed by atoms with Crippen molar-refractivity contribution in [3.8, 4) is 0 Å². The summed E-state index contributed by atoms with van der Waals surface area (Å²) < 4.78 is 5.28. The van der Waals surface area contributed by atoms with E-state index in [9.17, 15) is 9.59 Å². The average Bonchev–Trinajstić information content (AvgIpc) is 2.38. The van der Waals surface area contributed by atoms with Gasteiger partial charge in [0, 0.05) is 19.6 Å². The normalized spacial score (nSPS) is 24.1. The summed E-state index contributed by atoms with van der Waals surface area (Å²) in [5.74, 6) is -0.900. The first-order valence-corrected chi connectivity index (χ1v) is 6.58. The van der Waals surface area contributed by atoms with E-state index in [2.05, 4.69) is 6.08 Å². The summed E-state index contributed by atoms with van der Waals surface area (Å²) in [7, 11) is 0. The van der Waals surface area contributed by atoms with E-state index in [1.807, 2.05) is 6.92 Å². The fourth-order valence-electron chi connectivity index (χ4n) is 2.53. The second-order valence-corrected chi connectivity index (χ2v) is 5.06. The lowest BCUT2D eigenvalue weighted by molar-refractivity contribution is -0.139. The van der Waals surface area contributed by atoms with Gasteiger partial charge in [0.05, 0.1) is 25.7 Å². The lowest BCUT2D eigenvalue weighted by Gasteiger charge is -2.39. The molecule has 0 aliphatic carbocycles. The molecule has 0 radical (unpaired) electrons. The van der Waals surface area contributed by atoms with Gasteiger partial charge in [-0.3, -0.25) is 4.79 Å². The largest absolute Gasteiger partial charge is 0.481 e. The number of amides is 2. The summed E-state index contributed by atoms with van der Waals surface area (Å²) in [4.78, 5) is 26.8. The van der Waals surface area contributed by atoms with Crippen molar-refractivity contribution in [2.75, 3.05) is 32.8 Å². The van der Waals surface area contributed by atoms with Crippen LogP contribution in [0.5, 0.6) is 0 Å². The van der Waals surface area contributed by atoms with Crippen molar-refractivity contribution >= 4 is 12.0 Å². The maximum absolute atomic E-state index is 12.5. The molecule has 2 aliphatic heterocycles.